The highest BCUT2D eigenvalue weighted by atomic mass is 16.2. The highest BCUT2D eigenvalue weighted by Crippen LogP contribution is 2.23. The smallest absolute Gasteiger partial charge is 0.241 e. The predicted octanol–water partition coefficient (Wildman–Crippen LogP) is 1.37. The van der Waals surface area contributed by atoms with E-state index >= 15 is 0 Å². The minimum absolute atomic E-state index is 0.101. The van der Waals surface area contributed by atoms with Crippen LogP contribution in [0.25, 0.3) is 10.8 Å². The molecule has 2 aromatic rings. The Hall–Kier alpha value is -2.40. The van der Waals surface area contributed by atoms with Crippen molar-refractivity contribution in [3.05, 3.63) is 42.5 Å². The van der Waals surface area contributed by atoms with E-state index in [2.05, 4.69) is 5.32 Å². The van der Waals surface area contributed by atoms with Crippen LogP contribution in [0.3, 0.4) is 0 Å². The van der Waals surface area contributed by atoms with Crippen molar-refractivity contribution in [3.8, 4) is 0 Å². The van der Waals surface area contributed by atoms with E-state index in [0.29, 0.717) is 5.69 Å². The molecule has 0 bridgehead atoms. The second-order valence-corrected chi connectivity index (χ2v) is 4.63. The van der Waals surface area contributed by atoms with E-state index in [1.807, 2.05) is 42.5 Å². The van der Waals surface area contributed by atoms with E-state index in [9.17, 15) is 9.59 Å². The fourth-order valence-electron chi connectivity index (χ4n) is 1.99. The number of benzene rings is 2. The third-order valence-electron chi connectivity index (χ3n) is 3.09. The summed E-state index contributed by atoms with van der Waals surface area (Å²) in [6, 6.07) is 12.7. The first-order valence-corrected chi connectivity index (χ1v) is 6.40. The van der Waals surface area contributed by atoms with Crippen LogP contribution in [0.1, 0.15) is 12.8 Å². The molecule has 0 heterocycles. The molecule has 2 rings (SSSR count). The molecule has 5 N–H and O–H groups in total. The fraction of sp³-hybridized carbons (Fsp3) is 0.200. The Morgan fingerprint density at radius 3 is 2.55 bits per heavy atom. The number of carbonyl (C=O) groups excluding carboxylic acids is 2. The van der Waals surface area contributed by atoms with Gasteiger partial charge in [0.1, 0.15) is 0 Å². The van der Waals surface area contributed by atoms with Crippen LogP contribution in [-0.2, 0) is 9.59 Å². The molecule has 0 aliphatic rings. The molecular formula is C15H17N3O2. The maximum absolute atomic E-state index is 12.0. The van der Waals surface area contributed by atoms with Gasteiger partial charge in [-0.25, -0.2) is 0 Å². The molecule has 5 nitrogen and oxygen atoms in total. The summed E-state index contributed by atoms with van der Waals surface area (Å²) in [7, 11) is 0. The number of rotatable bonds is 5. The highest BCUT2D eigenvalue weighted by Gasteiger charge is 2.15. The molecule has 0 unspecified atom stereocenters. The van der Waals surface area contributed by atoms with Crippen molar-refractivity contribution in [1.82, 2.24) is 0 Å². The van der Waals surface area contributed by atoms with Crippen LogP contribution in [-0.4, -0.2) is 17.9 Å². The molecule has 2 aromatic carbocycles. The normalized spacial score (nSPS) is 12.1. The lowest BCUT2D eigenvalue weighted by atomic mass is 10.1. The van der Waals surface area contributed by atoms with Gasteiger partial charge in [0.2, 0.25) is 11.8 Å². The van der Waals surface area contributed by atoms with E-state index < -0.39 is 11.9 Å². The molecular weight excluding hydrogens is 254 g/mol. The predicted molar refractivity (Wildman–Crippen MR) is 79.0 cm³/mol. The van der Waals surface area contributed by atoms with Crippen molar-refractivity contribution in [2.24, 2.45) is 11.5 Å². The first-order valence-electron chi connectivity index (χ1n) is 6.40. The van der Waals surface area contributed by atoms with E-state index in [4.69, 9.17) is 11.5 Å². The number of primary amides is 1. The largest absolute Gasteiger partial charge is 0.370 e. The third-order valence-corrected chi connectivity index (χ3v) is 3.09. The van der Waals surface area contributed by atoms with Gasteiger partial charge in [-0.3, -0.25) is 9.59 Å². The maximum atomic E-state index is 12.0. The lowest BCUT2D eigenvalue weighted by Crippen LogP contribution is -2.36. The van der Waals surface area contributed by atoms with Crippen LogP contribution in [0.5, 0.6) is 0 Å². The zero-order valence-electron chi connectivity index (χ0n) is 11.0. The Morgan fingerprint density at radius 2 is 1.80 bits per heavy atom. The lowest BCUT2D eigenvalue weighted by Gasteiger charge is -2.13. The summed E-state index contributed by atoms with van der Waals surface area (Å²) in [5.41, 5.74) is 11.5. The number of hydrogen-bond acceptors (Lipinski definition) is 3. The van der Waals surface area contributed by atoms with Crippen molar-refractivity contribution in [2.45, 2.75) is 18.9 Å². The van der Waals surface area contributed by atoms with Gasteiger partial charge in [0, 0.05) is 17.5 Å². The highest BCUT2D eigenvalue weighted by molar-refractivity contribution is 6.03. The molecule has 0 aromatic heterocycles. The molecule has 1 atom stereocenters. The first kappa shape index (κ1) is 14.0. The van der Waals surface area contributed by atoms with Gasteiger partial charge < -0.3 is 16.8 Å². The molecule has 0 saturated carbocycles. The van der Waals surface area contributed by atoms with E-state index in [-0.39, 0.29) is 18.7 Å². The molecule has 20 heavy (non-hydrogen) atoms. The second kappa shape index (κ2) is 6.16. The fourth-order valence-corrected chi connectivity index (χ4v) is 1.99. The van der Waals surface area contributed by atoms with E-state index in [1.165, 1.54) is 0 Å². The Labute approximate surface area is 116 Å². The summed E-state index contributed by atoms with van der Waals surface area (Å²) in [4.78, 5) is 22.7. The summed E-state index contributed by atoms with van der Waals surface area (Å²) in [6.45, 7) is 0. The third kappa shape index (κ3) is 3.33. The average molecular weight is 271 g/mol. The van der Waals surface area contributed by atoms with Crippen LogP contribution < -0.4 is 16.8 Å². The van der Waals surface area contributed by atoms with E-state index in [1.54, 1.807) is 0 Å². The number of carbonyl (C=O) groups is 2. The molecule has 2 amide bonds. The van der Waals surface area contributed by atoms with Gasteiger partial charge in [-0.1, -0.05) is 36.4 Å². The molecule has 104 valence electrons. The number of nitrogens with two attached hydrogens (primary N) is 2. The molecule has 0 radical (unpaired) electrons. The molecule has 0 saturated heterocycles. The minimum Gasteiger partial charge on any atom is -0.370 e. The standard InChI is InChI=1S/C15H17N3O2/c16-12(8-9-14(17)19)15(20)18-13-7-3-5-10-4-1-2-6-11(10)13/h1-7,12H,8-9,16H2,(H2,17,19)(H,18,20)/t12-/m0/s1. The average Bonchev–Trinajstić information content (AvgIpc) is 2.45. The molecule has 5 heteroatoms. The number of fused-ring (bicyclic) bond motifs is 1. The van der Waals surface area contributed by atoms with Crippen molar-refractivity contribution < 1.29 is 9.59 Å². The SMILES string of the molecule is NC(=O)CC[C@H](N)C(=O)Nc1cccc2ccccc12. The summed E-state index contributed by atoms with van der Waals surface area (Å²) < 4.78 is 0. The quantitative estimate of drug-likeness (QED) is 0.766. The van der Waals surface area contributed by atoms with Gasteiger partial charge in [-0.05, 0) is 17.9 Å². The van der Waals surface area contributed by atoms with Crippen LogP contribution in [0.4, 0.5) is 5.69 Å². The Balaban J connectivity index is 2.12. The molecule has 0 spiro atoms. The zero-order chi connectivity index (χ0) is 14.5. The van der Waals surface area contributed by atoms with Gasteiger partial charge in [-0.15, -0.1) is 0 Å². The summed E-state index contributed by atoms with van der Waals surface area (Å²) in [6.07, 6.45) is 0.343. The van der Waals surface area contributed by atoms with Crippen molar-refractivity contribution >= 4 is 28.3 Å². The van der Waals surface area contributed by atoms with Gasteiger partial charge in [-0.2, -0.15) is 0 Å². The topological polar surface area (TPSA) is 98.2 Å². The van der Waals surface area contributed by atoms with Gasteiger partial charge in [0.05, 0.1) is 6.04 Å². The number of amides is 2. The Morgan fingerprint density at radius 1 is 1.10 bits per heavy atom. The van der Waals surface area contributed by atoms with Crippen molar-refractivity contribution in [2.75, 3.05) is 5.32 Å². The van der Waals surface area contributed by atoms with Crippen LogP contribution in [0.2, 0.25) is 0 Å². The van der Waals surface area contributed by atoms with Gasteiger partial charge >= 0.3 is 0 Å². The zero-order valence-corrected chi connectivity index (χ0v) is 11.0. The van der Waals surface area contributed by atoms with Crippen molar-refractivity contribution in [3.63, 3.8) is 0 Å². The van der Waals surface area contributed by atoms with Crippen LogP contribution in [0, 0.1) is 0 Å². The van der Waals surface area contributed by atoms with Crippen LogP contribution >= 0.6 is 0 Å². The van der Waals surface area contributed by atoms with Gasteiger partial charge in [0.15, 0.2) is 0 Å². The first-order chi connectivity index (χ1) is 9.58. The molecule has 0 fully saturated rings. The summed E-state index contributed by atoms with van der Waals surface area (Å²) in [5, 5.41) is 4.78. The lowest BCUT2D eigenvalue weighted by molar-refractivity contribution is -0.119. The molecule has 0 aliphatic carbocycles. The maximum Gasteiger partial charge on any atom is 0.241 e. The number of anilines is 1. The van der Waals surface area contributed by atoms with Crippen LogP contribution in [0.15, 0.2) is 42.5 Å². The Kier molecular flexibility index (Phi) is 4.32. The number of hydrogen-bond donors (Lipinski definition) is 3. The monoisotopic (exact) mass is 271 g/mol. The summed E-state index contributed by atoms with van der Waals surface area (Å²) in [5.74, 6) is -0.777. The second-order valence-electron chi connectivity index (χ2n) is 4.63. The van der Waals surface area contributed by atoms with Crippen molar-refractivity contribution in [1.29, 1.82) is 0 Å². The molecule has 0 aliphatic heterocycles. The summed E-state index contributed by atoms with van der Waals surface area (Å²) >= 11 is 0. The van der Waals surface area contributed by atoms with Gasteiger partial charge in [0.25, 0.3) is 0 Å². The Bertz CT molecular complexity index is 635. The number of nitrogens with one attached hydrogen (secondary N) is 1. The van der Waals surface area contributed by atoms with E-state index in [0.717, 1.165) is 10.8 Å². The minimum atomic E-state index is -0.749.